The van der Waals surface area contributed by atoms with Gasteiger partial charge >= 0.3 is 5.97 Å². The van der Waals surface area contributed by atoms with Gasteiger partial charge in [-0.15, -0.1) is 0 Å². The Hall–Kier alpha value is -2.63. The van der Waals surface area contributed by atoms with Crippen LogP contribution in [0.2, 0.25) is 0 Å². The Morgan fingerprint density at radius 2 is 2.05 bits per heavy atom. The van der Waals surface area contributed by atoms with Crippen LogP contribution in [0.1, 0.15) is 32.1 Å². The average Bonchev–Trinajstić information content (AvgIpc) is 3.01. The number of carbonyl (C=O) groups is 2. The third-order valence-electron chi connectivity index (χ3n) is 3.69. The maximum absolute atomic E-state index is 12.6. The average molecular weight is 285 g/mol. The minimum Gasteiger partial charge on any atom is -0.476 e. The number of fused-ring (bicyclic) bond motifs is 1. The van der Waals surface area contributed by atoms with Crippen LogP contribution < -0.4 is 4.90 Å². The second-order valence-corrected chi connectivity index (χ2v) is 5.18. The van der Waals surface area contributed by atoms with Gasteiger partial charge in [0.25, 0.3) is 5.91 Å². The minimum absolute atomic E-state index is 0.121. The fourth-order valence-corrected chi connectivity index (χ4v) is 2.65. The first-order valence-corrected chi connectivity index (χ1v) is 6.66. The summed E-state index contributed by atoms with van der Waals surface area (Å²) in [5.41, 5.74) is 3.36. The molecule has 6 nitrogen and oxygen atoms in total. The number of carboxylic acid groups (broad SMARTS) is 1. The van der Waals surface area contributed by atoms with Gasteiger partial charge in [0.1, 0.15) is 5.69 Å². The molecule has 108 valence electrons. The molecule has 21 heavy (non-hydrogen) atoms. The van der Waals surface area contributed by atoms with Crippen LogP contribution in [-0.2, 0) is 13.5 Å². The molecular weight excluding hydrogens is 270 g/mol. The van der Waals surface area contributed by atoms with Gasteiger partial charge in [-0.1, -0.05) is 17.7 Å². The number of hydrogen-bond donors (Lipinski definition) is 1. The number of anilines is 1. The van der Waals surface area contributed by atoms with E-state index in [0.717, 1.165) is 23.2 Å². The number of aromatic carboxylic acids is 1. The molecule has 2 aromatic rings. The third-order valence-corrected chi connectivity index (χ3v) is 3.69. The van der Waals surface area contributed by atoms with Crippen molar-refractivity contribution in [1.82, 2.24) is 9.78 Å². The maximum atomic E-state index is 12.6. The lowest BCUT2D eigenvalue weighted by molar-refractivity contribution is 0.0689. The molecule has 1 aliphatic heterocycles. The fourth-order valence-electron chi connectivity index (χ4n) is 2.65. The molecule has 1 aromatic heterocycles. The smallest absolute Gasteiger partial charge is 0.356 e. The number of amides is 1. The predicted octanol–water partition coefficient (Wildman–Crippen LogP) is 1.63. The highest BCUT2D eigenvalue weighted by atomic mass is 16.4. The normalized spacial score (nSPS) is 13.3. The van der Waals surface area contributed by atoms with Crippen molar-refractivity contribution in [3.63, 3.8) is 0 Å². The number of carboxylic acids is 1. The second kappa shape index (κ2) is 4.73. The van der Waals surface area contributed by atoms with Gasteiger partial charge in [0, 0.05) is 25.3 Å². The molecule has 1 N–H and O–H groups in total. The van der Waals surface area contributed by atoms with Gasteiger partial charge in [0.2, 0.25) is 0 Å². The molecule has 0 saturated carbocycles. The Labute approximate surface area is 121 Å². The van der Waals surface area contributed by atoms with Crippen molar-refractivity contribution < 1.29 is 14.7 Å². The van der Waals surface area contributed by atoms with Gasteiger partial charge in [-0.2, -0.15) is 5.10 Å². The summed E-state index contributed by atoms with van der Waals surface area (Å²) in [6.45, 7) is 2.62. The molecule has 0 aliphatic carbocycles. The van der Waals surface area contributed by atoms with E-state index in [1.54, 1.807) is 11.9 Å². The summed E-state index contributed by atoms with van der Waals surface area (Å²) in [4.78, 5) is 25.2. The van der Waals surface area contributed by atoms with Gasteiger partial charge < -0.3 is 10.0 Å². The molecular formula is C15H15N3O3. The van der Waals surface area contributed by atoms with Gasteiger partial charge in [-0.25, -0.2) is 4.79 Å². The lowest BCUT2D eigenvalue weighted by Crippen LogP contribution is -2.30. The molecule has 0 unspecified atom stereocenters. The molecule has 0 spiro atoms. The number of carbonyl (C=O) groups excluding carboxylic acids is 1. The van der Waals surface area contributed by atoms with Crippen LogP contribution in [0.5, 0.6) is 0 Å². The van der Waals surface area contributed by atoms with Crippen LogP contribution in [-0.4, -0.2) is 33.3 Å². The Morgan fingerprint density at radius 1 is 1.29 bits per heavy atom. The molecule has 0 atom stereocenters. The number of rotatable bonds is 2. The first kappa shape index (κ1) is 13.4. The summed E-state index contributed by atoms with van der Waals surface area (Å²) in [5, 5.41) is 12.8. The topological polar surface area (TPSA) is 75.4 Å². The van der Waals surface area contributed by atoms with Gasteiger partial charge in [0.15, 0.2) is 5.69 Å². The highest BCUT2D eigenvalue weighted by Gasteiger charge is 2.28. The van der Waals surface area contributed by atoms with Crippen molar-refractivity contribution in [2.75, 3.05) is 11.4 Å². The summed E-state index contributed by atoms with van der Waals surface area (Å²) in [7, 11) is 1.58. The molecule has 0 bridgehead atoms. The monoisotopic (exact) mass is 285 g/mol. The predicted molar refractivity (Wildman–Crippen MR) is 76.7 cm³/mol. The summed E-state index contributed by atoms with van der Waals surface area (Å²) in [5.74, 6) is -1.36. The van der Waals surface area contributed by atoms with Crippen LogP contribution in [0.3, 0.4) is 0 Å². The van der Waals surface area contributed by atoms with E-state index in [9.17, 15) is 9.59 Å². The minimum atomic E-state index is -1.14. The van der Waals surface area contributed by atoms with E-state index >= 15 is 0 Å². The van der Waals surface area contributed by atoms with Crippen molar-refractivity contribution in [3.05, 3.63) is 46.8 Å². The SMILES string of the molecule is Cc1ccc2c(c1)CCN2C(=O)c1cc(C(=O)O)nn1C. The molecule has 6 heteroatoms. The maximum Gasteiger partial charge on any atom is 0.356 e. The Balaban J connectivity index is 1.96. The van der Waals surface area contributed by atoms with E-state index in [1.165, 1.54) is 10.7 Å². The van der Waals surface area contributed by atoms with E-state index in [-0.39, 0.29) is 17.3 Å². The van der Waals surface area contributed by atoms with Gasteiger partial charge in [-0.05, 0) is 25.0 Å². The summed E-state index contributed by atoms with van der Waals surface area (Å²) in [6, 6.07) is 7.30. The van der Waals surface area contributed by atoms with Crippen molar-refractivity contribution in [1.29, 1.82) is 0 Å². The number of aromatic nitrogens is 2. The van der Waals surface area contributed by atoms with Crippen LogP contribution in [0, 0.1) is 6.92 Å². The second-order valence-electron chi connectivity index (χ2n) is 5.18. The van der Waals surface area contributed by atoms with Crippen molar-refractivity contribution in [2.24, 2.45) is 7.05 Å². The van der Waals surface area contributed by atoms with E-state index in [0.29, 0.717) is 6.54 Å². The standard InChI is InChI=1S/C15H15N3O3/c1-9-3-4-12-10(7-9)5-6-18(12)14(19)13-8-11(15(20)21)16-17(13)2/h3-4,7-8H,5-6H2,1-2H3,(H,20,21). The van der Waals surface area contributed by atoms with E-state index in [1.807, 2.05) is 19.1 Å². The zero-order chi connectivity index (χ0) is 15.1. The molecule has 0 radical (unpaired) electrons. The Morgan fingerprint density at radius 3 is 2.71 bits per heavy atom. The van der Waals surface area contributed by atoms with Crippen molar-refractivity contribution >= 4 is 17.6 Å². The molecule has 1 aromatic carbocycles. The fraction of sp³-hybridized carbons (Fsp3) is 0.267. The third kappa shape index (κ3) is 2.18. The highest BCUT2D eigenvalue weighted by molar-refractivity contribution is 6.07. The van der Waals surface area contributed by atoms with Crippen molar-refractivity contribution in [3.8, 4) is 0 Å². The largest absolute Gasteiger partial charge is 0.476 e. The summed E-state index contributed by atoms with van der Waals surface area (Å²) >= 11 is 0. The quantitative estimate of drug-likeness (QED) is 0.910. The van der Waals surface area contributed by atoms with E-state index in [4.69, 9.17) is 5.11 Å². The lowest BCUT2D eigenvalue weighted by atomic mass is 10.1. The zero-order valence-electron chi connectivity index (χ0n) is 11.8. The summed E-state index contributed by atoms with van der Waals surface area (Å²) < 4.78 is 1.32. The number of nitrogens with zero attached hydrogens (tertiary/aromatic N) is 3. The summed E-state index contributed by atoms with van der Waals surface area (Å²) in [6.07, 6.45) is 0.812. The van der Waals surface area contributed by atoms with Gasteiger partial charge in [0.05, 0.1) is 0 Å². The highest BCUT2D eigenvalue weighted by Crippen LogP contribution is 2.30. The lowest BCUT2D eigenvalue weighted by Gasteiger charge is -2.17. The van der Waals surface area contributed by atoms with Crippen LogP contribution >= 0.6 is 0 Å². The first-order valence-electron chi connectivity index (χ1n) is 6.66. The van der Waals surface area contributed by atoms with Crippen molar-refractivity contribution in [2.45, 2.75) is 13.3 Å². The number of hydrogen-bond acceptors (Lipinski definition) is 3. The number of aryl methyl sites for hydroxylation is 2. The Kier molecular flexibility index (Phi) is 3.01. The molecule has 1 aliphatic rings. The molecule has 3 rings (SSSR count). The van der Waals surface area contributed by atoms with Gasteiger partial charge in [-0.3, -0.25) is 9.48 Å². The molecule has 0 fully saturated rings. The molecule has 1 amide bonds. The molecule has 2 heterocycles. The van der Waals surface area contributed by atoms with Crippen LogP contribution in [0.15, 0.2) is 24.3 Å². The van der Waals surface area contributed by atoms with E-state index in [2.05, 4.69) is 11.2 Å². The Bertz CT molecular complexity index is 749. The number of benzene rings is 1. The van der Waals surface area contributed by atoms with Crippen LogP contribution in [0.25, 0.3) is 0 Å². The van der Waals surface area contributed by atoms with Crippen LogP contribution in [0.4, 0.5) is 5.69 Å². The first-order chi connectivity index (χ1) is 9.97. The zero-order valence-corrected chi connectivity index (χ0v) is 11.8. The molecule has 0 saturated heterocycles. The van der Waals surface area contributed by atoms with E-state index < -0.39 is 5.97 Å².